The molecule has 0 spiro atoms. The zero-order chi connectivity index (χ0) is 8.97. The number of Topliss-reactive ketones (excluding diaryl/α,β-unsaturated/α-hetero) is 1. The van der Waals surface area contributed by atoms with Gasteiger partial charge in [0.15, 0.2) is 0 Å². The Hall–Kier alpha value is -0.850. The van der Waals surface area contributed by atoms with Crippen molar-refractivity contribution >= 4 is 5.78 Å². The summed E-state index contributed by atoms with van der Waals surface area (Å²) < 4.78 is 0. The molecule has 0 amide bonds. The molecule has 66 valence electrons. The highest BCUT2D eigenvalue weighted by molar-refractivity contribution is 5.81. The van der Waals surface area contributed by atoms with E-state index in [4.69, 9.17) is 0 Å². The summed E-state index contributed by atoms with van der Waals surface area (Å²) in [5, 5.41) is 0. The highest BCUT2D eigenvalue weighted by Crippen LogP contribution is 2.24. The minimum atomic E-state index is 0.134. The average molecular weight is 164 g/mol. The summed E-state index contributed by atoms with van der Waals surface area (Å²) in [5.74, 6) is 0.862. The summed E-state index contributed by atoms with van der Waals surface area (Å²) in [6.07, 6.45) is 10.4. The fraction of sp³-hybridized carbons (Fsp3) is 0.545. The molecule has 1 aliphatic rings. The third kappa shape index (κ3) is 2.07. The molecule has 0 radical (unpaired) electrons. The van der Waals surface area contributed by atoms with Crippen molar-refractivity contribution in [3.8, 4) is 0 Å². The van der Waals surface area contributed by atoms with Gasteiger partial charge in [0.25, 0.3) is 0 Å². The van der Waals surface area contributed by atoms with Crippen LogP contribution in [0.5, 0.6) is 0 Å². The van der Waals surface area contributed by atoms with Gasteiger partial charge in [-0.3, -0.25) is 4.79 Å². The monoisotopic (exact) mass is 164 g/mol. The zero-order valence-electron chi connectivity index (χ0n) is 7.79. The maximum atomic E-state index is 11.2. The largest absolute Gasteiger partial charge is 0.299 e. The van der Waals surface area contributed by atoms with Crippen molar-refractivity contribution in [2.24, 2.45) is 11.8 Å². The van der Waals surface area contributed by atoms with E-state index in [1.807, 2.05) is 18.2 Å². The molecule has 0 aromatic rings. The van der Waals surface area contributed by atoms with Gasteiger partial charge in [0.1, 0.15) is 5.78 Å². The predicted molar refractivity (Wildman–Crippen MR) is 50.8 cm³/mol. The maximum absolute atomic E-state index is 11.2. The molecule has 0 bridgehead atoms. The van der Waals surface area contributed by atoms with Gasteiger partial charge in [0, 0.05) is 5.92 Å². The molecule has 1 rings (SSSR count). The van der Waals surface area contributed by atoms with Crippen LogP contribution in [0.3, 0.4) is 0 Å². The zero-order valence-corrected chi connectivity index (χ0v) is 7.79. The van der Waals surface area contributed by atoms with Crippen molar-refractivity contribution in [1.29, 1.82) is 0 Å². The molecular weight excluding hydrogens is 148 g/mol. The van der Waals surface area contributed by atoms with E-state index >= 15 is 0 Å². The van der Waals surface area contributed by atoms with Crippen LogP contribution in [0.2, 0.25) is 0 Å². The Kier molecular flexibility index (Phi) is 3.27. The first-order chi connectivity index (χ1) is 5.75. The van der Waals surface area contributed by atoms with E-state index in [1.54, 1.807) is 6.92 Å². The Labute approximate surface area is 74.2 Å². The molecular formula is C11H16O. The highest BCUT2D eigenvalue weighted by Gasteiger charge is 2.21. The average Bonchev–Trinajstić information content (AvgIpc) is 2.05. The van der Waals surface area contributed by atoms with Gasteiger partial charge in [0.05, 0.1) is 0 Å². The SMILES string of the molecule is CCCC1C=CC=CC1C(C)=O. The van der Waals surface area contributed by atoms with Gasteiger partial charge in [0.2, 0.25) is 0 Å². The van der Waals surface area contributed by atoms with E-state index in [-0.39, 0.29) is 11.7 Å². The molecule has 0 aromatic carbocycles. The summed E-state index contributed by atoms with van der Waals surface area (Å²) >= 11 is 0. The fourth-order valence-corrected chi connectivity index (χ4v) is 1.70. The lowest BCUT2D eigenvalue weighted by Crippen LogP contribution is -2.19. The molecule has 1 heteroatoms. The Morgan fingerprint density at radius 3 is 2.58 bits per heavy atom. The number of allylic oxidation sites excluding steroid dienone is 4. The highest BCUT2D eigenvalue weighted by atomic mass is 16.1. The van der Waals surface area contributed by atoms with E-state index in [0.717, 1.165) is 12.8 Å². The summed E-state index contributed by atoms with van der Waals surface area (Å²) in [6, 6.07) is 0. The van der Waals surface area contributed by atoms with Crippen molar-refractivity contribution in [3.63, 3.8) is 0 Å². The lowest BCUT2D eigenvalue weighted by atomic mass is 9.83. The van der Waals surface area contributed by atoms with Crippen LogP contribution in [-0.4, -0.2) is 5.78 Å². The quantitative estimate of drug-likeness (QED) is 0.626. The van der Waals surface area contributed by atoms with E-state index in [9.17, 15) is 4.79 Å². The smallest absolute Gasteiger partial charge is 0.137 e. The fourth-order valence-electron chi connectivity index (χ4n) is 1.70. The Bertz CT molecular complexity index is 213. The molecule has 1 nitrogen and oxygen atoms in total. The van der Waals surface area contributed by atoms with E-state index in [2.05, 4.69) is 13.0 Å². The number of hydrogen-bond acceptors (Lipinski definition) is 1. The van der Waals surface area contributed by atoms with Gasteiger partial charge in [-0.2, -0.15) is 0 Å². The molecule has 0 saturated heterocycles. The topological polar surface area (TPSA) is 17.1 Å². The summed E-state index contributed by atoms with van der Waals surface area (Å²) in [7, 11) is 0. The summed E-state index contributed by atoms with van der Waals surface area (Å²) in [6.45, 7) is 3.83. The van der Waals surface area contributed by atoms with Crippen molar-refractivity contribution in [1.82, 2.24) is 0 Å². The van der Waals surface area contributed by atoms with Gasteiger partial charge in [-0.25, -0.2) is 0 Å². The van der Waals surface area contributed by atoms with Crippen LogP contribution in [-0.2, 0) is 4.79 Å². The third-order valence-electron chi connectivity index (χ3n) is 2.34. The Balaban J connectivity index is 2.64. The lowest BCUT2D eigenvalue weighted by Gasteiger charge is -2.20. The standard InChI is InChI=1S/C11H16O/c1-3-6-10-7-4-5-8-11(10)9(2)12/h4-5,7-8,10-11H,3,6H2,1-2H3. The normalized spacial score (nSPS) is 27.5. The third-order valence-corrected chi connectivity index (χ3v) is 2.34. The molecule has 0 fully saturated rings. The molecule has 0 N–H and O–H groups in total. The number of hydrogen-bond donors (Lipinski definition) is 0. The minimum absolute atomic E-state index is 0.134. The van der Waals surface area contributed by atoms with Crippen molar-refractivity contribution in [3.05, 3.63) is 24.3 Å². The Morgan fingerprint density at radius 2 is 2.00 bits per heavy atom. The van der Waals surface area contributed by atoms with Crippen LogP contribution in [0.25, 0.3) is 0 Å². The van der Waals surface area contributed by atoms with Crippen LogP contribution < -0.4 is 0 Å². The Morgan fingerprint density at radius 1 is 1.33 bits per heavy atom. The molecule has 0 saturated carbocycles. The van der Waals surface area contributed by atoms with Crippen LogP contribution in [0, 0.1) is 11.8 Å². The first kappa shape index (κ1) is 9.24. The number of carbonyl (C=O) groups excluding carboxylic acids is 1. The van der Waals surface area contributed by atoms with Crippen LogP contribution in [0.4, 0.5) is 0 Å². The van der Waals surface area contributed by atoms with Gasteiger partial charge >= 0.3 is 0 Å². The molecule has 2 atom stereocenters. The lowest BCUT2D eigenvalue weighted by molar-refractivity contribution is -0.120. The predicted octanol–water partition coefficient (Wildman–Crippen LogP) is 2.73. The van der Waals surface area contributed by atoms with Crippen LogP contribution >= 0.6 is 0 Å². The van der Waals surface area contributed by atoms with E-state index in [1.165, 1.54) is 0 Å². The molecule has 0 heterocycles. The maximum Gasteiger partial charge on any atom is 0.137 e. The van der Waals surface area contributed by atoms with Gasteiger partial charge in [-0.15, -0.1) is 0 Å². The molecule has 2 unspecified atom stereocenters. The number of rotatable bonds is 3. The molecule has 0 aromatic heterocycles. The van der Waals surface area contributed by atoms with E-state index < -0.39 is 0 Å². The second-order valence-electron chi connectivity index (χ2n) is 3.36. The number of carbonyl (C=O) groups is 1. The second kappa shape index (κ2) is 4.24. The number of ketones is 1. The molecule has 1 aliphatic carbocycles. The molecule has 0 aliphatic heterocycles. The van der Waals surface area contributed by atoms with Gasteiger partial charge < -0.3 is 0 Å². The van der Waals surface area contributed by atoms with Crippen LogP contribution in [0.15, 0.2) is 24.3 Å². The van der Waals surface area contributed by atoms with Crippen LogP contribution in [0.1, 0.15) is 26.7 Å². The van der Waals surface area contributed by atoms with Crippen molar-refractivity contribution in [2.75, 3.05) is 0 Å². The van der Waals surface area contributed by atoms with E-state index in [0.29, 0.717) is 5.92 Å². The first-order valence-electron chi connectivity index (χ1n) is 4.61. The van der Waals surface area contributed by atoms with Gasteiger partial charge in [-0.1, -0.05) is 37.6 Å². The second-order valence-corrected chi connectivity index (χ2v) is 3.36. The summed E-state index contributed by atoms with van der Waals surface area (Å²) in [5.41, 5.74) is 0. The minimum Gasteiger partial charge on any atom is -0.299 e. The van der Waals surface area contributed by atoms with Gasteiger partial charge in [-0.05, 0) is 19.3 Å². The van der Waals surface area contributed by atoms with Crippen molar-refractivity contribution in [2.45, 2.75) is 26.7 Å². The summed E-state index contributed by atoms with van der Waals surface area (Å²) in [4.78, 5) is 11.2. The van der Waals surface area contributed by atoms with Crippen molar-refractivity contribution < 1.29 is 4.79 Å². The molecule has 12 heavy (non-hydrogen) atoms. The first-order valence-corrected chi connectivity index (χ1v) is 4.61.